The van der Waals surface area contributed by atoms with E-state index in [1.807, 2.05) is 0 Å². The molecule has 0 bridgehead atoms. The standard InChI is InChI=1S/C11H9N3O3/c1-8-6-12-13(7-8)11(15)9-4-2-3-5-10(9)14(16)17/h2-7H,1H3. The van der Waals surface area contributed by atoms with Gasteiger partial charge in [-0.15, -0.1) is 0 Å². The van der Waals surface area contributed by atoms with E-state index >= 15 is 0 Å². The molecule has 0 unspecified atom stereocenters. The lowest BCUT2D eigenvalue weighted by molar-refractivity contribution is -0.385. The molecule has 0 spiro atoms. The maximum atomic E-state index is 12.0. The van der Waals surface area contributed by atoms with Gasteiger partial charge in [0.2, 0.25) is 0 Å². The summed E-state index contributed by atoms with van der Waals surface area (Å²) in [5, 5.41) is 14.6. The zero-order valence-electron chi connectivity index (χ0n) is 9.03. The van der Waals surface area contributed by atoms with Crippen LogP contribution in [0.2, 0.25) is 0 Å². The Balaban J connectivity index is 2.47. The maximum absolute atomic E-state index is 12.0. The van der Waals surface area contributed by atoms with Crippen molar-refractivity contribution in [3.05, 3.63) is 57.9 Å². The lowest BCUT2D eigenvalue weighted by Crippen LogP contribution is -2.14. The Kier molecular flexibility index (Phi) is 2.70. The molecular formula is C11H9N3O3. The fourth-order valence-corrected chi connectivity index (χ4v) is 1.46. The highest BCUT2D eigenvalue weighted by atomic mass is 16.6. The van der Waals surface area contributed by atoms with Crippen LogP contribution >= 0.6 is 0 Å². The number of para-hydroxylation sites is 1. The predicted molar refractivity (Wildman–Crippen MR) is 59.8 cm³/mol. The number of nitrogens with zero attached hydrogens (tertiary/aromatic N) is 3. The van der Waals surface area contributed by atoms with E-state index in [0.29, 0.717) is 0 Å². The SMILES string of the molecule is Cc1cnn(C(=O)c2ccccc2[N+](=O)[O-])c1. The molecule has 0 aliphatic heterocycles. The van der Waals surface area contributed by atoms with Crippen molar-refractivity contribution in [2.24, 2.45) is 0 Å². The Labute approximate surface area is 96.6 Å². The molecule has 0 saturated heterocycles. The molecule has 0 aliphatic rings. The van der Waals surface area contributed by atoms with Crippen molar-refractivity contribution < 1.29 is 9.72 Å². The molecule has 1 aromatic carbocycles. The smallest absolute Gasteiger partial charge is 0.266 e. The Morgan fingerprint density at radius 2 is 2.12 bits per heavy atom. The second-order valence-corrected chi connectivity index (χ2v) is 3.54. The van der Waals surface area contributed by atoms with E-state index in [9.17, 15) is 14.9 Å². The summed E-state index contributed by atoms with van der Waals surface area (Å²) in [7, 11) is 0. The van der Waals surface area contributed by atoms with Crippen molar-refractivity contribution in [3.63, 3.8) is 0 Å². The highest BCUT2D eigenvalue weighted by molar-refractivity contribution is 5.99. The van der Waals surface area contributed by atoms with Crippen molar-refractivity contribution in [3.8, 4) is 0 Å². The molecule has 0 aliphatic carbocycles. The molecule has 0 amide bonds. The number of aromatic nitrogens is 2. The summed E-state index contributed by atoms with van der Waals surface area (Å²) in [6.45, 7) is 1.79. The minimum atomic E-state index is -0.580. The summed E-state index contributed by atoms with van der Waals surface area (Å²) < 4.78 is 1.09. The summed E-state index contributed by atoms with van der Waals surface area (Å²) >= 11 is 0. The van der Waals surface area contributed by atoms with Crippen molar-refractivity contribution in [1.82, 2.24) is 9.78 Å². The first-order chi connectivity index (χ1) is 8.09. The second kappa shape index (κ2) is 4.17. The number of nitro benzene ring substituents is 1. The number of hydrogen-bond donors (Lipinski definition) is 0. The fraction of sp³-hybridized carbons (Fsp3) is 0.0909. The quantitative estimate of drug-likeness (QED) is 0.583. The average Bonchev–Trinajstić information content (AvgIpc) is 2.75. The molecule has 6 heteroatoms. The van der Waals surface area contributed by atoms with Gasteiger partial charge in [0.25, 0.3) is 11.6 Å². The van der Waals surface area contributed by atoms with E-state index in [1.54, 1.807) is 13.0 Å². The highest BCUT2D eigenvalue weighted by Gasteiger charge is 2.20. The molecule has 6 nitrogen and oxygen atoms in total. The average molecular weight is 231 g/mol. The molecule has 0 radical (unpaired) electrons. The third-order valence-electron chi connectivity index (χ3n) is 2.25. The van der Waals surface area contributed by atoms with E-state index in [0.717, 1.165) is 10.2 Å². The predicted octanol–water partition coefficient (Wildman–Crippen LogP) is 1.79. The Morgan fingerprint density at radius 3 is 2.71 bits per heavy atom. The lowest BCUT2D eigenvalue weighted by Gasteiger charge is -2.01. The number of rotatable bonds is 2. The van der Waals surface area contributed by atoms with E-state index in [-0.39, 0.29) is 11.3 Å². The van der Waals surface area contributed by atoms with Crippen LogP contribution in [-0.2, 0) is 0 Å². The number of carbonyl (C=O) groups excluding carboxylic acids is 1. The lowest BCUT2D eigenvalue weighted by atomic mass is 10.1. The van der Waals surface area contributed by atoms with Crippen LogP contribution in [-0.4, -0.2) is 20.6 Å². The van der Waals surface area contributed by atoms with Crippen molar-refractivity contribution in [2.75, 3.05) is 0 Å². The summed E-state index contributed by atoms with van der Waals surface area (Å²) in [6.07, 6.45) is 3.05. The molecule has 0 fully saturated rings. The van der Waals surface area contributed by atoms with Crippen LogP contribution in [0, 0.1) is 17.0 Å². The summed E-state index contributed by atoms with van der Waals surface area (Å²) in [5.74, 6) is -0.509. The molecule has 17 heavy (non-hydrogen) atoms. The van der Waals surface area contributed by atoms with E-state index < -0.39 is 10.8 Å². The number of hydrogen-bond acceptors (Lipinski definition) is 4. The van der Waals surface area contributed by atoms with Gasteiger partial charge in [-0.05, 0) is 18.6 Å². The van der Waals surface area contributed by atoms with Gasteiger partial charge in [-0.25, -0.2) is 4.68 Å². The molecule has 86 valence electrons. The third-order valence-corrected chi connectivity index (χ3v) is 2.25. The van der Waals surface area contributed by atoms with Crippen LogP contribution in [0.1, 0.15) is 15.9 Å². The van der Waals surface area contributed by atoms with Crippen molar-refractivity contribution in [1.29, 1.82) is 0 Å². The molecular weight excluding hydrogens is 222 g/mol. The molecule has 0 saturated carbocycles. The van der Waals surface area contributed by atoms with Gasteiger partial charge < -0.3 is 0 Å². The summed E-state index contributed by atoms with van der Waals surface area (Å²) in [4.78, 5) is 22.2. The van der Waals surface area contributed by atoms with Gasteiger partial charge >= 0.3 is 0 Å². The minimum Gasteiger partial charge on any atom is -0.266 e. The van der Waals surface area contributed by atoms with Crippen LogP contribution in [0.4, 0.5) is 5.69 Å². The Morgan fingerprint density at radius 1 is 1.41 bits per heavy atom. The number of benzene rings is 1. The molecule has 0 atom stereocenters. The first kappa shape index (κ1) is 11.0. The van der Waals surface area contributed by atoms with Gasteiger partial charge in [0.1, 0.15) is 5.56 Å². The van der Waals surface area contributed by atoms with Gasteiger partial charge in [0.05, 0.1) is 11.1 Å². The largest absolute Gasteiger partial charge is 0.285 e. The first-order valence-electron chi connectivity index (χ1n) is 4.89. The van der Waals surface area contributed by atoms with E-state index in [2.05, 4.69) is 5.10 Å². The van der Waals surface area contributed by atoms with Crippen LogP contribution in [0.15, 0.2) is 36.7 Å². The van der Waals surface area contributed by atoms with Crippen molar-refractivity contribution >= 4 is 11.6 Å². The first-order valence-corrected chi connectivity index (χ1v) is 4.89. The van der Waals surface area contributed by atoms with Gasteiger partial charge in [-0.1, -0.05) is 12.1 Å². The van der Waals surface area contributed by atoms with Gasteiger partial charge in [-0.3, -0.25) is 14.9 Å². The maximum Gasteiger partial charge on any atom is 0.285 e. The summed E-state index contributed by atoms with van der Waals surface area (Å²) in [6, 6.07) is 5.81. The van der Waals surface area contributed by atoms with Crippen LogP contribution in [0.25, 0.3) is 0 Å². The highest BCUT2D eigenvalue weighted by Crippen LogP contribution is 2.18. The summed E-state index contributed by atoms with van der Waals surface area (Å²) in [5.41, 5.74) is 0.628. The number of aryl methyl sites for hydroxylation is 1. The molecule has 2 aromatic rings. The molecule has 1 heterocycles. The monoisotopic (exact) mass is 231 g/mol. The minimum absolute atomic E-state index is 0.0283. The normalized spacial score (nSPS) is 10.2. The number of nitro groups is 1. The Hall–Kier alpha value is -2.50. The molecule has 1 aromatic heterocycles. The van der Waals surface area contributed by atoms with Gasteiger partial charge in [-0.2, -0.15) is 5.10 Å². The Bertz CT molecular complexity index is 589. The number of carbonyl (C=O) groups is 1. The van der Waals surface area contributed by atoms with E-state index in [1.165, 1.54) is 30.6 Å². The molecule has 0 N–H and O–H groups in total. The van der Waals surface area contributed by atoms with Crippen LogP contribution < -0.4 is 0 Å². The zero-order chi connectivity index (χ0) is 12.4. The fourth-order valence-electron chi connectivity index (χ4n) is 1.46. The van der Waals surface area contributed by atoms with Crippen LogP contribution in [0.5, 0.6) is 0 Å². The second-order valence-electron chi connectivity index (χ2n) is 3.54. The van der Waals surface area contributed by atoms with Crippen LogP contribution in [0.3, 0.4) is 0 Å². The van der Waals surface area contributed by atoms with Gasteiger partial charge in [0.15, 0.2) is 0 Å². The zero-order valence-corrected chi connectivity index (χ0v) is 9.03. The third kappa shape index (κ3) is 2.05. The topological polar surface area (TPSA) is 78.0 Å². The van der Waals surface area contributed by atoms with Crippen molar-refractivity contribution in [2.45, 2.75) is 6.92 Å². The van der Waals surface area contributed by atoms with Gasteiger partial charge in [0, 0.05) is 12.3 Å². The molecule has 2 rings (SSSR count). The van der Waals surface area contributed by atoms with E-state index in [4.69, 9.17) is 0 Å².